The van der Waals surface area contributed by atoms with Crippen LogP contribution >= 0.6 is 0 Å². The predicted octanol–water partition coefficient (Wildman–Crippen LogP) is 3.66. The summed E-state index contributed by atoms with van der Waals surface area (Å²) in [6.07, 6.45) is 2.79. The van der Waals surface area contributed by atoms with Crippen LogP contribution < -0.4 is 0 Å². The average Bonchev–Trinajstić information content (AvgIpc) is 3.41. The lowest BCUT2D eigenvalue weighted by Crippen LogP contribution is -2.39. The van der Waals surface area contributed by atoms with Crippen LogP contribution in [0.1, 0.15) is 37.2 Å². The van der Waals surface area contributed by atoms with E-state index in [0.29, 0.717) is 19.0 Å². The van der Waals surface area contributed by atoms with Gasteiger partial charge in [-0.3, -0.25) is 9.59 Å². The minimum absolute atomic E-state index is 0.109. The van der Waals surface area contributed by atoms with Crippen molar-refractivity contribution in [3.8, 4) is 0 Å². The molecule has 4 heteroatoms. The third kappa shape index (κ3) is 3.39. The van der Waals surface area contributed by atoms with Crippen LogP contribution in [-0.4, -0.2) is 35.0 Å². The minimum Gasteiger partial charge on any atom is -0.481 e. The first-order chi connectivity index (χ1) is 12.1. The van der Waals surface area contributed by atoms with Crippen LogP contribution in [0.15, 0.2) is 42.5 Å². The largest absolute Gasteiger partial charge is 0.481 e. The van der Waals surface area contributed by atoms with Crippen LogP contribution in [0.3, 0.4) is 0 Å². The fourth-order valence-electron chi connectivity index (χ4n) is 4.11. The number of rotatable bonds is 4. The van der Waals surface area contributed by atoms with Gasteiger partial charge in [-0.25, -0.2) is 0 Å². The Balaban J connectivity index is 1.37. The van der Waals surface area contributed by atoms with Gasteiger partial charge in [0.25, 0.3) is 0 Å². The summed E-state index contributed by atoms with van der Waals surface area (Å²) in [6, 6.07) is 14.8. The van der Waals surface area contributed by atoms with E-state index >= 15 is 0 Å². The molecule has 1 saturated carbocycles. The van der Waals surface area contributed by atoms with Crippen molar-refractivity contribution in [2.24, 2.45) is 11.8 Å². The van der Waals surface area contributed by atoms with E-state index in [-0.39, 0.29) is 24.2 Å². The second-order valence-electron chi connectivity index (χ2n) is 7.42. The molecule has 130 valence electrons. The van der Waals surface area contributed by atoms with Gasteiger partial charge >= 0.3 is 5.97 Å². The number of amides is 1. The normalized spacial score (nSPS) is 23.6. The highest BCUT2D eigenvalue weighted by Gasteiger charge is 2.46. The number of aliphatic carboxylic acids is 1. The molecule has 25 heavy (non-hydrogen) atoms. The summed E-state index contributed by atoms with van der Waals surface area (Å²) in [5, 5.41) is 11.4. The predicted molar refractivity (Wildman–Crippen MR) is 96.4 cm³/mol. The number of piperidine rings is 1. The lowest BCUT2D eigenvalue weighted by molar-refractivity contribution is -0.138. The SMILES string of the molecule is O=C(O)CC1CCN(C(=O)C2CC2c2ccc3ccccc3c2)CC1. The number of likely N-dealkylation sites (tertiary alicyclic amines) is 1. The highest BCUT2D eigenvalue weighted by atomic mass is 16.4. The molecule has 2 fully saturated rings. The number of hydrogen-bond donors (Lipinski definition) is 1. The van der Waals surface area contributed by atoms with Gasteiger partial charge in [0.15, 0.2) is 0 Å². The Morgan fingerprint density at radius 2 is 1.76 bits per heavy atom. The van der Waals surface area contributed by atoms with E-state index in [2.05, 4.69) is 30.3 Å². The van der Waals surface area contributed by atoms with Crippen molar-refractivity contribution in [1.82, 2.24) is 4.90 Å². The molecule has 0 aromatic heterocycles. The molecule has 2 unspecified atom stereocenters. The van der Waals surface area contributed by atoms with E-state index < -0.39 is 5.97 Å². The third-order valence-corrected chi connectivity index (χ3v) is 5.70. The fraction of sp³-hybridized carbons (Fsp3) is 0.429. The van der Waals surface area contributed by atoms with Crippen LogP contribution in [0.5, 0.6) is 0 Å². The summed E-state index contributed by atoms with van der Waals surface area (Å²) in [4.78, 5) is 25.5. The molecule has 1 saturated heterocycles. The highest BCUT2D eigenvalue weighted by molar-refractivity contribution is 5.86. The summed E-state index contributed by atoms with van der Waals surface area (Å²) in [7, 11) is 0. The Bertz CT molecular complexity index is 808. The molecule has 2 atom stereocenters. The highest BCUT2D eigenvalue weighted by Crippen LogP contribution is 2.49. The maximum atomic E-state index is 12.7. The summed E-state index contributed by atoms with van der Waals surface area (Å²) in [5.74, 6) is 0.193. The van der Waals surface area contributed by atoms with Gasteiger partial charge in [0.1, 0.15) is 0 Å². The third-order valence-electron chi connectivity index (χ3n) is 5.70. The zero-order valence-electron chi connectivity index (χ0n) is 14.2. The number of carboxylic acid groups (broad SMARTS) is 1. The Morgan fingerprint density at radius 3 is 2.48 bits per heavy atom. The Morgan fingerprint density at radius 1 is 1.04 bits per heavy atom. The quantitative estimate of drug-likeness (QED) is 0.926. The number of benzene rings is 2. The molecular weight excluding hydrogens is 314 g/mol. The molecule has 0 bridgehead atoms. The average molecular weight is 337 g/mol. The molecule has 1 aliphatic carbocycles. The molecule has 1 aliphatic heterocycles. The van der Waals surface area contributed by atoms with Crippen molar-refractivity contribution in [2.75, 3.05) is 13.1 Å². The van der Waals surface area contributed by atoms with Gasteiger partial charge in [-0.1, -0.05) is 42.5 Å². The van der Waals surface area contributed by atoms with Gasteiger partial charge in [0.2, 0.25) is 5.91 Å². The van der Waals surface area contributed by atoms with Crippen molar-refractivity contribution in [2.45, 2.75) is 31.6 Å². The molecule has 1 amide bonds. The molecule has 1 N–H and O–H groups in total. The fourth-order valence-corrected chi connectivity index (χ4v) is 4.11. The Labute approximate surface area is 147 Å². The van der Waals surface area contributed by atoms with Crippen LogP contribution in [0.25, 0.3) is 10.8 Å². The van der Waals surface area contributed by atoms with Crippen LogP contribution in [0, 0.1) is 11.8 Å². The van der Waals surface area contributed by atoms with Crippen LogP contribution in [-0.2, 0) is 9.59 Å². The van der Waals surface area contributed by atoms with Crippen LogP contribution in [0.4, 0.5) is 0 Å². The van der Waals surface area contributed by atoms with E-state index in [1.165, 1.54) is 16.3 Å². The van der Waals surface area contributed by atoms with Crippen molar-refractivity contribution >= 4 is 22.6 Å². The van der Waals surface area contributed by atoms with Crippen molar-refractivity contribution in [1.29, 1.82) is 0 Å². The second kappa shape index (κ2) is 6.51. The zero-order valence-corrected chi connectivity index (χ0v) is 14.2. The van der Waals surface area contributed by atoms with Gasteiger partial charge in [-0.2, -0.15) is 0 Å². The first kappa shape index (κ1) is 16.1. The van der Waals surface area contributed by atoms with Gasteiger partial charge in [-0.15, -0.1) is 0 Å². The van der Waals surface area contributed by atoms with Gasteiger partial charge < -0.3 is 10.0 Å². The van der Waals surface area contributed by atoms with Crippen LogP contribution in [0.2, 0.25) is 0 Å². The molecule has 4 rings (SSSR count). The monoisotopic (exact) mass is 337 g/mol. The van der Waals surface area contributed by atoms with Crippen molar-refractivity contribution in [3.63, 3.8) is 0 Å². The standard InChI is InChI=1S/C21H23NO3/c23-20(24)11-14-7-9-22(10-8-14)21(25)19-13-18(19)17-6-5-15-3-1-2-4-16(15)12-17/h1-6,12,14,18-19H,7-11,13H2,(H,23,24). The lowest BCUT2D eigenvalue weighted by atomic mass is 9.93. The summed E-state index contributed by atoms with van der Waals surface area (Å²) < 4.78 is 0. The summed E-state index contributed by atoms with van der Waals surface area (Å²) in [5.41, 5.74) is 1.26. The molecule has 2 aromatic carbocycles. The number of carbonyl (C=O) groups is 2. The molecule has 0 radical (unpaired) electrons. The molecule has 0 spiro atoms. The maximum absolute atomic E-state index is 12.7. The van der Waals surface area contributed by atoms with E-state index in [9.17, 15) is 9.59 Å². The van der Waals surface area contributed by atoms with E-state index in [0.717, 1.165) is 19.3 Å². The van der Waals surface area contributed by atoms with E-state index in [4.69, 9.17) is 5.11 Å². The minimum atomic E-state index is -0.733. The molecule has 4 nitrogen and oxygen atoms in total. The van der Waals surface area contributed by atoms with E-state index in [1.807, 2.05) is 17.0 Å². The first-order valence-electron chi connectivity index (χ1n) is 9.11. The summed E-state index contributed by atoms with van der Waals surface area (Å²) >= 11 is 0. The lowest BCUT2D eigenvalue weighted by Gasteiger charge is -2.31. The van der Waals surface area contributed by atoms with E-state index in [1.54, 1.807) is 0 Å². The first-order valence-corrected chi connectivity index (χ1v) is 9.11. The van der Waals surface area contributed by atoms with Crippen molar-refractivity contribution < 1.29 is 14.7 Å². The van der Waals surface area contributed by atoms with Gasteiger partial charge in [-0.05, 0) is 47.4 Å². The zero-order chi connectivity index (χ0) is 17.4. The molecule has 1 heterocycles. The van der Waals surface area contributed by atoms with Gasteiger partial charge in [0, 0.05) is 25.4 Å². The molecular formula is C21H23NO3. The number of fused-ring (bicyclic) bond motifs is 1. The number of carbonyl (C=O) groups excluding carboxylic acids is 1. The van der Waals surface area contributed by atoms with Crippen molar-refractivity contribution in [3.05, 3.63) is 48.0 Å². The summed E-state index contributed by atoms with van der Waals surface area (Å²) in [6.45, 7) is 1.41. The number of carboxylic acids is 1. The molecule has 2 aliphatic rings. The second-order valence-corrected chi connectivity index (χ2v) is 7.42. The van der Waals surface area contributed by atoms with Gasteiger partial charge in [0.05, 0.1) is 0 Å². The Hall–Kier alpha value is -2.36. The number of nitrogens with zero attached hydrogens (tertiary/aromatic N) is 1. The topological polar surface area (TPSA) is 57.6 Å². The smallest absolute Gasteiger partial charge is 0.303 e. The number of hydrogen-bond acceptors (Lipinski definition) is 2. The molecule has 2 aromatic rings. The maximum Gasteiger partial charge on any atom is 0.303 e. The Kier molecular flexibility index (Phi) is 4.20.